The highest BCUT2D eigenvalue weighted by Crippen LogP contribution is 2.33. The zero-order valence-corrected chi connectivity index (χ0v) is 15.8. The van der Waals surface area contributed by atoms with E-state index in [1.165, 1.54) is 11.1 Å². The quantitative estimate of drug-likeness (QED) is 0.403. The van der Waals surface area contributed by atoms with Crippen LogP contribution in [-0.4, -0.2) is 14.8 Å². The third kappa shape index (κ3) is 2.89. The lowest BCUT2D eigenvalue weighted by molar-refractivity contribution is 0.884. The molecule has 0 unspecified atom stereocenters. The highest BCUT2D eigenvalue weighted by molar-refractivity contribution is 6.08. The van der Waals surface area contributed by atoms with Crippen molar-refractivity contribution in [1.29, 1.82) is 0 Å². The third-order valence-corrected chi connectivity index (χ3v) is 4.98. The fraction of sp³-hybridized carbons (Fsp3) is 0.0833. The van der Waals surface area contributed by atoms with Gasteiger partial charge in [-0.1, -0.05) is 47.5 Å². The standard InChI is InChI=1S/C24H20N4/c1-16-7-10-18(11-8-16)28-14-13-23(27-28)26-24-19-5-3-4-6-21(19)25-22-12-9-17(2)15-20(22)24/h3-15H,1-2H3,(H,25,26,27). The second-order valence-electron chi connectivity index (χ2n) is 7.13. The van der Waals surface area contributed by atoms with Crippen molar-refractivity contribution in [1.82, 2.24) is 14.8 Å². The lowest BCUT2D eigenvalue weighted by Gasteiger charge is -2.12. The minimum absolute atomic E-state index is 0.805. The van der Waals surface area contributed by atoms with E-state index in [1.807, 2.05) is 35.1 Å². The Morgan fingerprint density at radius 2 is 1.50 bits per heavy atom. The molecule has 2 heterocycles. The second-order valence-corrected chi connectivity index (χ2v) is 7.13. The van der Waals surface area contributed by atoms with E-state index in [0.29, 0.717) is 0 Å². The minimum Gasteiger partial charge on any atom is -0.338 e. The van der Waals surface area contributed by atoms with Gasteiger partial charge in [0.15, 0.2) is 5.82 Å². The first-order valence-corrected chi connectivity index (χ1v) is 9.36. The first-order chi connectivity index (χ1) is 13.7. The molecule has 0 aliphatic heterocycles. The molecule has 4 heteroatoms. The van der Waals surface area contributed by atoms with Gasteiger partial charge in [0.25, 0.3) is 0 Å². The molecule has 0 bridgehead atoms. The van der Waals surface area contributed by atoms with E-state index in [1.54, 1.807) is 0 Å². The molecule has 3 aromatic carbocycles. The number of para-hydroxylation sites is 1. The van der Waals surface area contributed by atoms with E-state index in [9.17, 15) is 0 Å². The van der Waals surface area contributed by atoms with Gasteiger partial charge in [0.2, 0.25) is 0 Å². The van der Waals surface area contributed by atoms with Gasteiger partial charge >= 0.3 is 0 Å². The Balaban J connectivity index is 1.63. The van der Waals surface area contributed by atoms with Gasteiger partial charge in [0, 0.05) is 23.0 Å². The zero-order chi connectivity index (χ0) is 19.1. The summed E-state index contributed by atoms with van der Waals surface area (Å²) in [6.07, 6.45) is 1.98. The van der Waals surface area contributed by atoms with Gasteiger partial charge in [-0.15, -0.1) is 0 Å². The summed E-state index contributed by atoms with van der Waals surface area (Å²) in [6.45, 7) is 4.19. The van der Waals surface area contributed by atoms with Crippen LogP contribution in [0, 0.1) is 13.8 Å². The Morgan fingerprint density at radius 3 is 2.36 bits per heavy atom. The van der Waals surface area contributed by atoms with Crippen molar-refractivity contribution in [2.75, 3.05) is 5.32 Å². The number of aromatic nitrogens is 3. The lowest BCUT2D eigenvalue weighted by Crippen LogP contribution is -1.99. The van der Waals surface area contributed by atoms with Crippen molar-refractivity contribution < 1.29 is 0 Å². The van der Waals surface area contributed by atoms with E-state index >= 15 is 0 Å². The van der Waals surface area contributed by atoms with Gasteiger partial charge < -0.3 is 5.32 Å². The molecule has 5 rings (SSSR count). The summed E-state index contributed by atoms with van der Waals surface area (Å²) in [5.41, 5.74) is 6.47. The Bertz CT molecular complexity index is 1300. The van der Waals surface area contributed by atoms with Crippen LogP contribution in [0.3, 0.4) is 0 Å². The zero-order valence-electron chi connectivity index (χ0n) is 15.8. The SMILES string of the molecule is Cc1ccc(-n2ccc(Nc3c4ccccc4nc4ccc(C)cc34)n2)cc1. The van der Waals surface area contributed by atoms with Crippen LogP contribution in [0.25, 0.3) is 27.5 Å². The smallest absolute Gasteiger partial charge is 0.152 e. The van der Waals surface area contributed by atoms with Gasteiger partial charge in [0.05, 0.1) is 22.4 Å². The van der Waals surface area contributed by atoms with Crippen molar-refractivity contribution >= 4 is 33.3 Å². The molecule has 0 atom stereocenters. The molecule has 4 nitrogen and oxygen atoms in total. The fourth-order valence-corrected chi connectivity index (χ4v) is 3.50. The molecular weight excluding hydrogens is 344 g/mol. The molecule has 0 fully saturated rings. The first kappa shape index (κ1) is 16.5. The summed E-state index contributed by atoms with van der Waals surface area (Å²) in [5, 5.41) is 10.5. The molecular formula is C24H20N4. The van der Waals surface area contributed by atoms with Crippen LogP contribution in [0.1, 0.15) is 11.1 Å². The summed E-state index contributed by atoms with van der Waals surface area (Å²) < 4.78 is 1.89. The Labute approximate surface area is 163 Å². The van der Waals surface area contributed by atoms with E-state index in [4.69, 9.17) is 10.1 Å². The molecule has 0 aliphatic rings. The molecule has 28 heavy (non-hydrogen) atoms. The third-order valence-electron chi connectivity index (χ3n) is 4.98. The van der Waals surface area contributed by atoms with Crippen molar-refractivity contribution in [3.8, 4) is 5.69 Å². The number of anilines is 2. The van der Waals surface area contributed by atoms with E-state index in [-0.39, 0.29) is 0 Å². The predicted octanol–water partition coefficient (Wildman–Crippen LogP) is 5.93. The first-order valence-electron chi connectivity index (χ1n) is 9.36. The van der Waals surface area contributed by atoms with Crippen LogP contribution >= 0.6 is 0 Å². The summed E-state index contributed by atoms with van der Waals surface area (Å²) in [6, 6.07) is 24.9. The molecule has 0 spiro atoms. The van der Waals surface area contributed by atoms with Gasteiger partial charge in [-0.2, -0.15) is 5.10 Å². The van der Waals surface area contributed by atoms with Crippen molar-refractivity contribution in [3.05, 3.63) is 90.1 Å². The van der Waals surface area contributed by atoms with Crippen LogP contribution in [-0.2, 0) is 0 Å². The van der Waals surface area contributed by atoms with E-state index in [2.05, 4.69) is 67.7 Å². The number of pyridine rings is 1. The molecule has 1 N–H and O–H groups in total. The van der Waals surface area contributed by atoms with Crippen LogP contribution in [0.2, 0.25) is 0 Å². The molecule has 0 amide bonds. The number of hydrogen-bond donors (Lipinski definition) is 1. The van der Waals surface area contributed by atoms with Crippen LogP contribution in [0.5, 0.6) is 0 Å². The number of nitrogens with zero attached hydrogens (tertiary/aromatic N) is 3. The number of rotatable bonds is 3. The summed E-state index contributed by atoms with van der Waals surface area (Å²) >= 11 is 0. The average molecular weight is 364 g/mol. The normalized spacial score (nSPS) is 11.2. The number of benzene rings is 3. The number of fused-ring (bicyclic) bond motifs is 2. The maximum atomic E-state index is 4.82. The fourth-order valence-electron chi connectivity index (χ4n) is 3.50. The van der Waals surface area contributed by atoms with Crippen LogP contribution in [0.15, 0.2) is 79.0 Å². The summed E-state index contributed by atoms with van der Waals surface area (Å²) in [7, 11) is 0. The second kappa shape index (κ2) is 6.50. The van der Waals surface area contributed by atoms with Crippen molar-refractivity contribution in [2.45, 2.75) is 13.8 Å². The maximum absolute atomic E-state index is 4.82. The summed E-state index contributed by atoms with van der Waals surface area (Å²) in [4.78, 5) is 4.82. The summed E-state index contributed by atoms with van der Waals surface area (Å²) in [5.74, 6) is 0.805. The Morgan fingerprint density at radius 1 is 0.750 bits per heavy atom. The monoisotopic (exact) mass is 364 g/mol. The highest BCUT2D eigenvalue weighted by atomic mass is 15.3. The van der Waals surface area contributed by atoms with Gasteiger partial charge in [-0.25, -0.2) is 9.67 Å². The largest absolute Gasteiger partial charge is 0.338 e. The topological polar surface area (TPSA) is 42.7 Å². The molecule has 0 radical (unpaired) electrons. The number of hydrogen-bond acceptors (Lipinski definition) is 3. The Hall–Kier alpha value is -3.66. The Kier molecular flexibility index (Phi) is 3.83. The maximum Gasteiger partial charge on any atom is 0.152 e. The van der Waals surface area contributed by atoms with Gasteiger partial charge in [0.1, 0.15) is 0 Å². The number of aryl methyl sites for hydroxylation is 2. The molecule has 136 valence electrons. The van der Waals surface area contributed by atoms with Gasteiger partial charge in [-0.3, -0.25) is 0 Å². The number of nitrogens with one attached hydrogen (secondary N) is 1. The lowest BCUT2D eigenvalue weighted by atomic mass is 10.1. The van der Waals surface area contributed by atoms with E-state index in [0.717, 1.165) is 39.0 Å². The van der Waals surface area contributed by atoms with Crippen molar-refractivity contribution in [3.63, 3.8) is 0 Å². The molecule has 0 saturated heterocycles. The van der Waals surface area contributed by atoms with E-state index < -0.39 is 0 Å². The van der Waals surface area contributed by atoms with Crippen LogP contribution in [0.4, 0.5) is 11.5 Å². The molecule has 0 saturated carbocycles. The van der Waals surface area contributed by atoms with Crippen LogP contribution < -0.4 is 5.32 Å². The molecule has 0 aliphatic carbocycles. The van der Waals surface area contributed by atoms with Gasteiger partial charge in [-0.05, 0) is 44.2 Å². The average Bonchev–Trinajstić information content (AvgIpc) is 3.17. The molecule has 2 aromatic heterocycles. The minimum atomic E-state index is 0.805. The highest BCUT2D eigenvalue weighted by Gasteiger charge is 2.11. The predicted molar refractivity (Wildman–Crippen MR) is 116 cm³/mol. The molecule has 5 aromatic rings. The van der Waals surface area contributed by atoms with Crippen molar-refractivity contribution in [2.24, 2.45) is 0 Å².